The predicted octanol–water partition coefficient (Wildman–Crippen LogP) is 3.22. The summed E-state index contributed by atoms with van der Waals surface area (Å²) in [7, 11) is 1.63. The van der Waals surface area contributed by atoms with Gasteiger partial charge in [0.1, 0.15) is 18.1 Å². The van der Waals surface area contributed by atoms with Crippen molar-refractivity contribution in [1.29, 1.82) is 5.26 Å². The van der Waals surface area contributed by atoms with Crippen molar-refractivity contribution in [2.45, 2.75) is 24.7 Å². The summed E-state index contributed by atoms with van der Waals surface area (Å²) in [6, 6.07) is 2.37. The van der Waals surface area contributed by atoms with Crippen LogP contribution in [0.2, 0.25) is 5.15 Å². The molecule has 0 aromatic carbocycles. The Morgan fingerprint density at radius 1 is 1.31 bits per heavy atom. The highest BCUT2D eigenvalue weighted by molar-refractivity contribution is 6.32. The van der Waals surface area contributed by atoms with Crippen molar-refractivity contribution in [1.82, 2.24) is 19.7 Å². The van der Waals surface area contributed by atoms with Crippen molar-refractivity contribution in [3.63, 3.8) is 0 Å². The van der Waals surface area contributed by atoms with Crippen LogP contribution in [0, 0.1) is 11.3 Å². The van der Waals surface area contributed by atoms with Gasteiger partial charge in [0.2, 0.25) is 0 Å². The molecule has 2 aromatic heterocycles. The lowest BCUT2D eigenvalue weighted by Gasteiger charge is -2.37. The van der Waals surface area contributed by atoms with E-state index in [-0.39, 0.29) is 43.0 Å². The summed E-state index contributed by atoms with van der Waals surface area (Å²) in [5.74, 6) is 0.189. The number of hydrogen-bond acceptors (Lipinski definition) is 5. The van der Waals surface area contributed by atoms with Gasteiger partial charge in [-0.1, -0.05) is 11.6 Å². The highest BCUT2D eigenvalue weighted by atomic mass is 35.5. The van der Waals surface area contributed by atoms with E-state index in [1.165, 1.54) is 10.9 Å². The molecule has 0 spiro atoms. The Bertz CT molecular complexity index is 864. The van der Waals surface area contributed by atoms with Gasteiger partial charge in [0, 0.05) is 33.0 Å². The molecule has 2 aromatic rings. The maximum absolute atomic E-state index is 15.2. The molecule has 0 aliphatic carbocycles. The number of halogens is 5. The van der Waals surface area contributed by atoms with E-state index in [9.17, 15) is 18.4 Å². The quantitative estimate of drug-likeness (QED) is 0.583. The molecule has 1 saturated heterocycles. The number of nitrogens with zero attached hydrogens (tertiary/aromatic N) is 6. The van der Waals surface area contributed by atoms with Gasteiger partial charge in [-0.3, -0.25) is 0 Å². The first kappa shape index (κ1) is 18.4. The molecule has 0 atom stereocenters. The Labute approximate surface area is 151 Å². The fourth-order valence-corrected chi connectivity index (χ4v) is 3.35. The molecule has 0 N–H and O–H groups in total. The Morgan fingerprint density at radius 3 is 2.46 bits per heavy atom. The molecule has 11 heteroatoms. The summed E-state index contributed by atoms with van der Waals surface area (Å²) < 4.78 is 55.2. The zero-order chi connectivity index (χ0) is 19.1. The molecule has 0 unspecified atom stereocenters. The van der Waals surface area contributed by atoms with Gasteiger partial charge in [0.25, 0.3) is 0 Å². The molecular formula is C15H13ClF4N6. The van der Waals surface area contributed by atoms with Crippen LogP contribution in [-0.2, 0) is 18.9 Å². The van der Waals surface area contributed by atoms with E-state index in [1.807, 2.05) is 0 Å². The molecule has 26 heavy (non-hydrogen) atoms. The summed E-state index contributed by atoms with van der Waals surface area (Å²) in [5, 5.41) is 16.3. The Hall–Kier alpha value is -2.41. The van der Waals surface area contributed by atoms with Gasteiger partial charge in [-0.05, 0) is 6.07 Å². The second-order valence-corrected chi connectivity index (χ2v) is 6.38. The molecule has 3 rings (SSSR count). The van der Waals surface area contributed by atoms with Crippen LogP contribution in [0.1, 0.15) is 29.9 Å². The number of alkyl halides is 4. The summed E-state index contributed by atoms with van der Waals surface area (Å²) in [6.07, 6.45) is -3.26. The molecule has 0 bridgehead atoms. The van der Waals surface area contributed by atoms with Crippen LogP contribution in [0.3, 0.4) is 0 Å². The van der Waals surface area contributed by atoms with Crippen molar-refractivity contribution < 1.29 is 17.6 Å². The van der Waals surface area contributed by atoms with Crippen molar-refractivity contribution >= 4 is 17.3 Å². The molecule has 138 valence electrons. The predicted molar refractivity (Wildman–Crippen MR) is 84.2 cm³/mol. The van der Waals surface area contributed by atoms with Crippen LogP contribution in [0.4, 0.5) is 23.2 Å². The topological polar surface area (TPSA) is 70.6 Å². The first-order chi connectivity index (χ1) is 12.2. The van der Waals surface area contributed by atoms with Crippen molar-refractivity contribution in [3.05, 3.63) is 34.6 Å². The van der Waals surface area contributed by atoms with E-state index in [1.54, 1.807) is 18.0 Å². The van der Waals surface area contributed by atoms with Crippen molar-refractivity contribution in [3.8, 4) is 6.07 Å². The highest BCUT2D eigenvalue weighted by Gasteiger charge is 2.41. The van der Waals surface area contributed by atoms with Gasteiger partial charge in [-0.25, -0.2) is 9.37 Å². The lowest BCUT2D eigenvalue weighted by atomic mass is 9.92. The average molecular weight is 389 g/mol. The van der Waals surface area contributed by atoms with E-state index in [0.29, 0.717) is 6.07 Å². The van der Waals surface area contributed by atoms with E-state index in [4.69, 9.17) is 11.6 Å². The second kappa shape index (κ2) is 6.39. The molecule has 1 aliphatic heterocycles. The number of nitriles is 1. The van der Waals surface area contributed by atoms with E-state index in [2.05, 4.69) is 15.2 Å². The summed E-state index contributed by atoms with van der Waals surface area (Å²) >= 11 is 5.92. The Kier molecular flexibility index (Phi) is 4.52. The third-order valence-corrected chi connectivity index (χ3v) is 4.61. The third-order valence-electron chi connectivity index (χ3n) is 4.35. The molecule has 0 radical (unpaired) electrons. The van der Waals surface area contributed by atoms with Gasteiger partial charge in [-0.2, -0.15) is 18.4 Å². The van der Waals surface area contributed by atoms with Gasteiger partial charge in [-0.15, -0.1) is 10.2 Å². The van der Waals surface area contributed by atoms with E-state index >= 15 is 4.39 Å². The normalized spacial score (nSPS) is 17.2. The Morgan fingerprint density at radius 2 is 1.96 bits per heavy atom. The minimum Gasteiger partial charge on any atom is -0.368 e. The molecule has 1 fully saturated rings. The second-order valence-electron chi connectivity index (χ2n) is 6.02. The lowest BCUT2D eigenvalue weighted by Crippen LogP contribution is -2.42. The van der Waals surface area contributed by atoms with Gasteiger partial charge in [0.05, 0.1) is 11.3 Å². The Balaban J connectivity index is 1.88. The fraction of sp³-hybridized carbons (Fsp3) is 0.467. The van der Waals surface area contributed by atoms with Crippen LogP contribution in [-0.4, -0.2) is 32.8 Å². The number of aromatic nitrogens is 4. The smallest absolute Gasteiger partial charge is 0.368 e. The van der Waals surface area contributed by atoms with Gasteiger partial charge < -0.3 is 9.47 Å². The van der Waals surface area contributed by atoms with Crippen LogP contribution in [0.25, 0.3) is 0 Å². The van der Waals surface area contributed by atoms with Crippen molar-refractivity contribution in [2.24, 2.45) is 7.05 Å². The minimum atomic E-state index is -4.71. The monoisotopic (exact) mass is 388 g/mol. The lowest BCUT2D eigenvalue weighted by molar-refractivity contribution is -0.141. The molecule has 0 amide bonds. The SMILES string of the molecule is Cn1cnnc1C1(F)CCN(c2c(C#N)cc(C(F)(F)F)nc2Cl)CC1. The zero-order valence-corrected chi connectivity index (χ0v) is 14.3. The summed E-state index contributed by atoms with van der Waals surface area (Å²) in [4.78, 5) is 4.93. The first-order valence-electron chi connectivity index (χ1n) is 7.62. The number of aryl methyl sites for hydroxylation is 1. The van der Waals surface area contributed by atoms with Crippen LogP contribution in [0.5, 0.6) is 0 Å². The number of pyridine rings is 1. The highest BCUT2D eigenvalue weighted by Crippen LogP contribution is 2.40. The van der Waals surface area contributed by atoms with Crippen molar-refractivity contribution in [2.75, 3.05) is 18.0 Å². The van der Waals surface area contributed by atoms with Crippen LogP contribution in [0.15, 0.2) is 12.4 Å². The largest absolute Gasteiger partial charge is 0.433 e. The average Bonchev–Trinajstić information content (AvgIpc) is 3.01. The van der Waals surface area contributed by atoms with Gasteiger partial charge >= 0.3 is 6.18 Å². The first-order valence-corrected chi connectivity index (χ1v) is 8.00. The van der Waals surface area contributed by atoms with Crippen LogP contribution >= 0.6 is 11.6 Å². The molecule has 3 heterocycles. The number of hydrogen-bond donors (Lipinski definition) is 0. The number of rotatable bonds is 2. The summed E-state index contributed by atoms with van der Waals surface area (Å²) in [6.45, 7) is 0.287. The number of piperidine rings is 1. The molecule has 0 saturated carbocycles. The fourth-order valence-electron chi connectivity index (χ4n) is 3.04. The van der Waals surface area contributed by atoms with E-state index in [0.717, 1.165) is 0 Å². The van der Waals surface area contributed by atoms with E-state index < -0.39 is 22.7 Å². The molecule has 1 aliphatic rings. The van der Waals surface area contributed by atoms with Crippen LogP contribution < -0.4 is 4.90 Å². The third kappa shape index (κ3) is 3.19. The number of anilines is 1. The molecule has 6 nitrogen and oxygen atoms in total. The molecular weight excluding hydrogens is 376 g/mol. The zero-order valence-electron chi connectivity index (χ0n) is 13.6. The minimum absolute atomic E-state index is 0.0295. The standard InChI is InChI=1S/C15H13ClF4N6/c1-25-8-22-24-13(25)14(17)2-4-26(5-3-14)11-9(7-21)6-10(15(18,19)20)23-12(11)16/h6,8H,2-5H2,1H3. The maximum Gasteiger partial charge on any atom is 0.433 e. The maximum atomic E-state index is 15.2. The summed E-state index contributed by atoms with van der Waals surface area (Å²) in [5.41, 5.74) is -3.11. The van der Waals surface area contributed by atoms with Gasteiger partial charge in [0.15, 0.2) is 16.6 Å².